The van der Waals surface area contributed by atoms with Gasteiger partial charge in [0.05, 0.1) is 18.5 Å². The summed E-state index contributed by atoms with van der Waals surface area (Å²) in [5.41, 5.74) is 1.89. The van der Waals surface area contributed by atoms with Crippen molar-refractivity contribution in [2.24, 2.45) is 0 Å². The summed E-state index contributed by atoms with van der Waals surface area (Å²) in [6.45, 7) is 3.90. The molecular formula is C32H29ClF2N2O3S. The van der Waals surface area contributed by atoms with E-state index in [1.54, 1.807) is 11.5 Å². The SMILES string of the molecule is CCOC(=O)c1cn(Cc2c(F)cccc2F)c2sc(-c3ccccc3)c(CNC(C)c3ccccc3)c2c1=O.Cl. The number of pyridine rings is 1. The van der Waals surface area contributed by atoms with Crippen molar-refractivity contribution in [3.05, 3.63) is 129 Å². The van der Waals surface area contributed by atoms with Gasteiger partial charge < -0.3 is 14.6 Å². The smallest absolute Gasteiger partial charge is 0.343 e. The molecule has 0 saturated carbocycles. The fourth-order valence-electron chi connectivity index (χ4n) is 4.73. The molecule has 0 spiro atoms. The summed E-state index contributed by atoms with van der Waals surface area (Å²) in [6, 6.07) is 23.2. The van der Waals surface area contributed by atoms with Crippen LogP contribution in [0.2, 0.25) is 0 Å². The Morgan fingerprint density at radius 2 is 1.59 bits per heavy atom. The summed E-state index contributed by atoms with van der Waals surface area (Å²) in [6.07, 6.45) is 1.35. The van der Waals surface area contributed by atoms with Gasteiger partial charge in [-0.25, -0.2) is 13.6 Å². The summed E-state index contributed by atoms with van der Waals surface area (Å²) < 4.78 is 36.2. The molecule has 5 nitrogen and oxygen atoms in total. The lowest BCUT2D eigenvalue weighted by Crippen LogP contribution is -2.23. The molecule has 9 heteroatoms. The van der Waals surface area contributed by atoms with E-state index in [1.165, 1.54) is 35.7 Å². The molecule has 0 saturated heterocycles. The van der Waals surface area contributed by atoms with Crippen molar-refractivity contribution < 1.29 is 18.3 Å². The number of nitrogens with one attached hydrogen (secondary N) is 1. The molecule has 3 aromatic carbocycles. The fraction of sp³-hybridized carbons (Fsp3) is 0.188. The van der Waals surface area contributed by atoms with Crippen LogP contribution in [-0.4, -0.2) is 17.1 Å². The molecule has 1 N–H and O–H groups in total. The maximum Gasteiger partial charge on any atom is 0.343 e. The van der Waals surface area contributed by atoms with Gasteiger partial charge in [0.25, 0.3) is 0 Å². The standard InChI is InChI=1S/C32H28F2N2O3S.ClH/c1-3-39-32(38)25-19-36(18-24-26(33)15-10-16-27(24)34)31-28(29(25)37)23(30(40-31)22-13-8-5-9-14-22)17-35-20(2)21-11-6-4-7-12-21;/h4-16,19-20,35H,3,17-18H2,1-2H3;1H. The van der Waals surface area contributed by atoms with Gasteiger partial charge in [-0.1, -0.05) is 66.7 Å². The van der Waals surface area contributed by atoms with Crippen LogP contribution in [0.3, 0.4) is 0 Å². The third kappa shape index (κ3) is 6.25. The van der Waals surface area contributed by atoms with Crippen LogP contribution in [0.4, 0.5) is 8.78 Å². The second-order valence-corrected chi connectivity index (χ2v) is 10.4. The largest absolute Gasteiger partial charge is 0.462 e. The molecule has 2 aromatic heterocycles. The molecule has 41 heavy (non-hydrogen) atoms. The molecule has 2 heterocycles. The van der Waals surface area contributed by atoms with Crippen LogP contribution in [0, 0.1) is 11.6 Å². The average Bonchev–Trinajstić information content (AvgIpc) is 3.36. The van der Waals surface area contributed by atoms with E-state index in [4.69, 9.17) is 4.74 Å². The molecule has 5 rings (SSSR count). The zero-order valence-electron chi connectivity index (χ0n) is 22.5. The average molecular weight is 595 g/mol. The lowest BCUT2D eigenvalue weighted by Gasteiger charge is -2.15. The minimum Gasteiger partial charge on any atom is -0.462 e. The first kappa shape index (κ1) is 30.1. The first-order valence-electron chi connectivity index (χ1n) is 13.0. The summed E-state index contributed by atoms with van der Waals surface area (Å²) in [4.78, 5) is 28.1. The highest BCUT2D eigenvalue weighted by molar-refractivity contribution is 7.22. The number of hydrogen-bond donors (Lipinski definition) is 1. The summed E-state index contributed by atoms with van der Waals surface area (Å²) in [5.74, 6) is -2.19. The number of rotatable bonds is 9. The highest BCUT2D eigenvalue weighted by Crippen LogP contribution is 2.38. The first-order chi connectivity index (χ1) is 19.4. The molecule has 0 amide bonds. The van der Waals surface area contributed by atoms with Gasteiger partial charge in [-0.3, -0.25) is 4.79 Å². The molecule has 0 bridgehead atoms. The van der Waals surface area contributed by atoms with E-state index in [1.807, 2.05) is 67.6 Å². The maximum absolute atomic E-state index is 14.7. The molecule has 5 aromatic rings. The number of carbonyl (C=O) groups is 1. The van der Waals surface area contributed by atoms with E-state index in [0.29, 0.717) is 22.3 Å². The van der Waals surface area contributed by atoms with Crippen LogP contribution in [0.1, 0.15) is 46.9 Å². The van der Waals surface area contributed by atoms with Crippen molar-refractivity contribution >= 4 is 39.9 Å². The second-order valence-electron chi connectivity index (χ2n) is 9.39. The number of carbonyl (C=O) groups excluding carboxylic acids is 1. The Hall–Kier alpha value is -3.85. The highest BCUT2D eigenvalue weighted by Gasteiger charge is 2.25. The normalized spacial score (nSPS) is 11.7. The first-order valence-corrected chi connectivity index (χ1v) is 13.8. The van der Waals surface area contributed by atoms with Gasteiger partial charge >= 0.3 is 5.97 Å². The molecule has 0 radical (unpaired) electrons. The van der Waals surface area contributed by atoms with Crippen LogP contribution in [0.5, 0.6) is 0 Å². The monoisotopic (exact) mass is 594 g/mol. The lowest BCUT2D eigenvalue weighted by atomic mass is 10.0. The van der Waals surface area contributed by atoms with Gasteiger partial charge in [-0.15, -0.1) is 23.7 Å². The number of fused-ring (bicyclic) bond motifs is 1. The Bertz CT molecular complexity index is 1700. The van der Waals surface area contributed by atoms with Crippen LogP contribution in [-0.2, 0) is 17.8 Å². The minimum absolute atomic E-state index is 0. The molecule has 0 aliphatic rings. The predicted octanol–water partition coefficient (Wildman–Crippen LogP) is 7.51. The summed E-state index contributed by atoms with van der Waals surface area (Å²) >= 11 is 1.36. The fourth-order valence-corrected chi connectivity index (χ4v) is 6.02. The number of nitrogens with zero attached hydrogens (tertiary/aromatic N) is 1. The van der Waals surface area contributed by atoms with Gasteiger partial charge in [-0.05, 0) is 42.7 Å². The Kier molecular flexibility index (Phi) is 9.70. The number of hydrogen-bond acceptors (Lipinski definition) is 5. The van der Waals surface area contributed by atoms with Gasteiger partial charge in [0.2, 0.25) is 5.43 Å². The Morgan fingerprint density at radius 1 is 0.951 bits per heavy atom. The van der Waals surface area contributed by atoms with Crippen LogP contribution in [0.25, 0.3) is 20.7 Å². The van der Waals surface area contributed by atoms with Crippen LogP contribution < -0.4 is 10.7 Å². The topological polar surface area (TPSA) is 60.3 Å². The van der Waals surface area contributed by atoms with E-state index >= 15 is 0 Å². The maximum atomic E-state index is 14.7. The lowest BCUT2D eigenvalue weighted by molar-refractivity contribution is 0.0524. The summed E-state index contributed by atoms with van der Waals surface area (Å²) in [5, 5.41) is 3.85. The molecular weight excluding hydrogens is 566 g/mol. The third-order valence-corrected chi connectivity index (χ3v) is 8.13. The van der Waals surface area contributed by atoms with Crippen LogP contribution in [0.15, 0.2) is 89.9 Å². The number of thiophene rings is 1. The highest BCUT2D eigenvalue weighted by atomic mass is 35.5. The Labute approximate surface area is 246 Å². The van der Waals surface area contributed by atoms with Gasteiger partial charge in [0, 0.05) is 29.2 Å². The molecule has 1 atom stereocenters. The van der Waals surface area contributed by atoms with Crippen molar-refractivity contribution in [3.63, 3.8) is 0 Å². The molecule has 0 fully saturated rings. The Morgan fingerprint density at radius 3 is 2.22 bits per heavy atom. The van der Waals surface area contributed by atoms with Gasteiger partial charge in [0.1, 0.15) is 22.0 Å². The van der Waals surface area contributed by atoms with E-state index in [-0.39, 0.29) is 42.7 Å². The van der Waals surface area contributed by atoms with Gasteiger partial charge in [-0.2, -0.15) is 0 Å². The summed E-state index contributed by atoms with van der Waals surface area (Å²) in [7, 11) is 0. The van der Waals surface area contributed by atoms with Gasteiger partial charge in [0.15, 0.2) is 0 Å². The number of esters is 1. The zero-order chi connectivity index (χ0) is 28.2. The predicted molar refractivity (Wildman–Crippen MR) is 162 cm³/mol. The Balaban J connectivity index is 0.00000387. The number of halogens is 3. The number of aromatic nitrogens is 1. The molecule has 212 valence electrons. The van der Waals surface area contributed by atoms with E-state index in [2.05, 4.69) is 5.32 Å². The quantitative estimate of drug-likeness (QED) is 0.179. The molecule has 0 aliphatic heterocycles. The van der Waals surface area contributed by atoms with E-state index in [0.717, 1.165) is 16.0 Å². The number of ether oxygens (including phenoxy) is 1. The minimum atomic E-state index is -0.777. The van der Waals surface area contributed by atoms with E-state index in [9.17, 15) is 18.4 Å². The second kappa shape index (κ2) is 13.2. The van der Waals surface area contributed by atoms with Crippen molar-refractivity contribution in [2.45, 2.75) is 33.0 Å². The van der Waals surface area contributed by atoms with Crippen molar-refractivity contribution in [2.75, 3.05) is 6.61 Å². The zero-order valence-corrected chi connectivity index (χ0v) is 24.2. The van der Waals surface area contributed by atoms with Crippen molar-refractivity contribution in [3.8, 4) is 10.4 Å². The third-order valence-electron chi connectivity index (χ3n) is 6.81. The van der Waals surface area contributed by atoms with Crippen LogP contribution >= 0.6 is 23.7 Å². The molecule has 0 aliphatic carbocycles. The number of benzene rings is 3. The van der Waals surface area contributed by atoms with Crippen molar-refractivity contribution in [1.29, 1.82) is 0 Å². The van der Waals surface area contributed by atoms with E-state index < -0.39 is 23.0 Å². The molecule has 1 unspecified atom stereocenters. The van der Waals surface area contributed by atoms with Crippen molar-refractivity contribution in [1.82, 2.24) is 9.88 Å².